The number of carbonyl (C=O) groups is 3. The molecule has 0 aromatic rings. The first-order chi connectivity index (χ1) is 18.2. The second-order valence-electron chi connectivity index (χ2n) is 10.6. The lowest BCUT2D eigenvalue weighted by Crippen LogP contribution is -2.58. The molecule has 2 fully saturated rings. The van der Waals surface area contributed by atoms with Crippen molar-refractivity contribution in [2.45, 2.75) is 109 Å². The second-order valence-corrected chi connectivity index (χ2v) is 10.9. The highest BCUT2D eigenvalue weighted by Gasteiger charge is 2.47. The number of aliphatic carboxylic acids is 1. The van der Waals surface area contributed by atoms with Crippen LogP contribution in [0.2, 0.25) is 0 Å². The van der Waals surface area contributed by atoms with Crippen LogP contribution in [0.1, 0.15) is 60.3 Å². The lowest BCUT2D eigenvalue weighted by molar-refractivity contribution is -0.197. The summed E-state index contributed by atoms with van der Waals surface area (Å²) in [5.74, 6) is -1.82. The minimum absolute atomic E-state index is 0.0613. The van der Waals surface area contributed by atoms with Crippen LogP contribution in [0.25, 0.3) is 0 Å². The SMILES string of the molecule is CC(=O)O[C@@H](C)/C=C\C(=O)N[C@@H]1C[C@H](C)[C@H](C/C=C(C)\C=C\[C@H]2O[C@H](CC(=O)O)C[C@](O)(CCl)[C@@H]2O)O[C@@H]1C. The van der Waals surface area contributed by atoms with Crippen molar-refractivity contribution in [3.8, 4) is 0 Å². The van der Waals surface area contributed by atoms with Crippen LogP contribution in [0.15, 0.2) is 36.0 Å². The average Bonchev–Trinajstić information content (AvgIpc) is 2.84. The maximum Gasteiger partial charge on any atom is 0.305 e. The number of nitrogens with one attached hydrogen (secondary N) is 1. The first-order valence-corrected chi connectivity index (χ1v) is 13.8. The van der Waals surface area contributed by atoms with Crippen molar-refractivity contribution in [3.05, 3.63) is 36.0 Å². The normalized spacial score (nSPS) is 34.7. The van der Waals surface area contributed by atoms with E-state index in [-0.39, 0.29) is 48.8 Å². The Hall–Kier alpha value is -2.24. The fourth-order valence-corrected chi connectivity index (χ4v) is 5.12. The summed E-state index contributed by atoms with van der Waals surface area (Å²) in [4.78, 5) is 34.4. The lowest BCUT2D eigenvalue weighted by Gasteiger charge is -2.43. The molecule has 0 unspecified atom stereocenters. The van der Waals surface area contributed by atoms with E-state index in [1.807, 2.05) is 19.9 Å². The Kier molecular flexibility index (Phi) is 12.6. The van der Waals surface area contributed by atoms with Crippen molar-refractivity contribution in [2.24, 2.45) is 5.92 Å². The van der Waals surface area contributed by atoms with Gasteiger partial charge in [-0.1, -0.05) is 30.7 Å². The Morgan fingerprint density at radius 1 is 1.21 bits per heavy atom. The number of rotatable bonds is 11. The molecule has 0 aliphatic carbocycles. The number of hydrogen-bond donors (Lipinski definition) is 4. The molecule has 2 aliphatic rings. The van der Waals surface area contributed by atoms with Crippen LogP contribution in [0.5, 0.6) is 0 Å². The molecule has 0 saturated carbocycles. The van der Waals surface area contributed by atoms with Gasteiger partial charge in [0.2, 0.25) is 5.91 Å². The predicted octanol–water partition coefficient (Wildman–Crippen LogP) is 2.65. The maximum atomic E-state index is 12.3. The molecule has 0 aromatic heterocycles. The molecule has 0 radical (unpaired) electrons. The Balaban J connectivity index is 1.93. The van der Waals surface area contributed by atoms with Crippen LogP contribution in [0.4, 0.5) is 0 Å². The fourth-order valence-electron chi connectivity index (χ4n) is 4.85. The Labute approximate surface area is 235 Å². The van der Waals surface area contributed by atoms with E-state index < -0.39 is 42.0 Å². The molecule has 2 heterocycles. The van der Waals surface area contributed by atoms with Crippen molar-refractivity contribution in [3.63, 3.8) is 0 Å². The highest BCUT2D eigenvalue weighted by Crippen LogP contribution is 2.33. The molecule has 4 N–H and O–H groups in total. The van der Waals surface area contributed by atoms with Crippen LogP contribution in [-0.2, 0) is 28.6 Å². The van der Waals surface area contributed by atoms with E-state index in [9.17, 15) is 24.6 Å². The quantitative estimate of drug-likeness (QED) is 0.127. The minimum atomic E-state index is -1.64. The molecule has 2 aliphatic heterocycles. The Morgan fingerprint density at radius 3 is 2.51 bits per heavy atom. The molecule has 10 nitrogen and oxygen atoms in total. The zero-order chi connectivity index (χ0) is 29.3. The number of carboxylic acid groups (broad SMARTS) is 1. The van der Waals surface area contributed by atoms with Gasteiger partial charge in [0, 0.05) is 19.4 Å². The summed E-state index contributed by atoms with van der Waals surface area (Å²) in [7, 11) is 0. The number of allylic oxidation sites excluding steroid dienone is 2. The first kappa shape index (κ1) is 33.0. The average molecular weight is 572 g/mol. The van der Waals surface area contributed by atoms with Gasteiger partial charge >= 0.3 is 11.9 Å². The summed E-state index contributed by atoms with van der Waals surface area (Å²) in [5, 5.41) is 33.3. The smallest absolute Gasteiger partial charge is 0.305 e. The molecule has 11 heteroatoms. The number of amides is 1. The summed E-state index contributed by atoms with van der Waals surface area (Å²) >= 11 is 5.88. The van der Waals surface area contributed by atoms with E-state index in [2.05, 4.69) is 12.2 Å². The predicted molar refractivity (Wildman–Crippen MR) is 145 cm³/mol. The van der Waals surface area contributed by atoms with Crippen molar-refractivity contribution in [2.75, 3.05) is 5.88 Å². The summed E-state index contributed by atoms with van der Waals surface area (Å²) < 4.78 is 16.9. The van der Waals surface area contributed by atoms with Crippen LogP contribution in [0, 0.1) is 5.92 Å². The summed E-state index contributed by atoms with van der Waals surface area (Å²) in [6.07, 6.45) is 5.52. The third-order valence-electron chi connectivity index (χ3n) is 7.06. The molecule has 220 valence electrons. The lowest BCUT2D eigenvalue weighted by atomic mass is 9.84. The van der Waals surface area contributed by atoms with Crippen LogP contribution < -0.4 is 5.32 Å². The van der Waals surface area contributed by atoms with E-state index in [4.69, 9.17) is 30.9 Å². The van der Waals surface area contributed by atoms with Gasteiger partial charge in [-0.15, -0.1) is 11.6 Å². The Morgan fingerprint density at radius 2 is 1.90 bits per heavy atom. The van der Waals surface area contributed by atoms with Gasteiger partial charge in [-0.2, -0.15) is 0 Å². The van der Waals surface area contributed by atoms with E-state index in [1.54, 1.807) is 19.1 Å². The number of alkyl halides is 1. The second kappa shape index (κ2) is 14.9. The van der Waals surface area contributed by atoms with Crippen molar-refractivity contribution in [1.29, 1.82) is 0 Å². The number of carboxylic acids is 1. The highest BCUT2D eigenvalue weighted by molar-refractivity contribution is 6.18. The minimum Gasteiger partial charge on any atom is -0.481 e. The molecular formula is C28H42ClNO9. The van der Waals surface area contributed by atoms with Gasteiger partial charge in [0.05, 0.1) is 36.7 Å². The van der Waals surface area contributed by atoms with Gasteiger partial charge in [0.1, 0.15) is 23.9 Å². The molecule has 9 atom stereocenters. The third-order valence-corrected chi connectivity index (χ3v) is 7.52. The van der Waals surface area contributed by atoms with Crippen molar-refractivity contribution >= 4 is 29.4 Å². The first-order valence-electron chi connectivity index (χ1n) is 13.2. The number of hydrogen-bond acceptors (Lipinski definition) is 8. The molecule has 1 amide bonds. The summed E-state index contributed by atoms with van der Waals surface area (Å²) in [6.45, 7) is 8.85. The molecule has 39 heavy (non-hydrogen) atoms. The number of halogens is 1. The van der Waals surface area contributed by atoms with Gasteiger partial charge in [-0.3, -0.25) is 14.4 Å². The topological polar surface area (TPSA) is 152 Å². The largest absolute Gasteiger partial charge is 0.481 e. The zero-order valence-electron chi connectivity index (χ0n) is 23.2. The third kappa shape index (κ3) is 10.3. The highest BCUT2D eigenvalue weighted by atomic mass is 35.5. The van der Waals surface area contributed by atoms with Gasteiger partial charge in [0.15, 0.2) is 0 Å². The molecule has 0 bridgehead atoms. The number of carbonyl (C=O) groups excluding carboxylic acids is 2. The van der Waals surface area contributed by atoms with Gasteiger partial charge in [-0.25, -0.2) is 0 Å². The van der Waals surface area contributed by atoms with E-state index >= 15 is 0 Å². The molecule has 0 aromatic carbocycles. The number of ether oxygens (including phenoxy) is 3. The molecule has 2 saturated heterocycles. The standard InChI is InChI=1S/C28H42ClNO9/c1-16(7-10-24-27(35)28(36,15-29)14-21(39-24)13-26(33)34)6-9-23-17(2)12-22(19(4)38-23)30-25(32)11-8-18(3)37-20(5)31/h6-8,10-11,17-19,21-24,27,35-36H,9,12-15H2,1-5H3,(H,30,32)(H,33,34)/b10-7+,11-8-,16-6-/t17-,18-,19+,21+,22+,23-,24+,27+,28-/m0/s1. The zero-order valence-corrected chi connectivity index (χ0v) is 24.0. The van der Waals surface area contributed by atoms with E-state index in [1.165, 1.54) is 19.1 Å². The van der Waals surface area contributed by atoms with Crippen molar-refractivity contribution in [1.82, 2.24) is 5.32 Å². The Bertz CT molecular complexity index is 951. The monoisotopic (exact) mass is 571 g/mol. The van der Waals surface area contributed by atoms with Crippen molar-refractivity contribution < 1.29 is 43.9 Å². The number of aliphatic hydroxyl groups excluding tert-OH is 1. The van der Waals surface area contributed by atoms with Gasteiger partial charge in [0.25, 0.3) is 0 Å². The van der Waals surface area contributed by atoms with Crippen LogP contribution in [-0.4, -0.2) is 87.3 Å². The summed E-state index contributed by atoms with van der Waals surface area (Å²) in [5.41, 5.74) is -0.761. The van der Waals surface area contributed by atoms with E-state index in [0.717, 1.165) is 12.0 Å². The summed E-state index contributed by atoms with van der Waals surface area (Å²) in [6, 6.07) is -0.160. The van der Waals surface area contributed by atoms with Crippen LogP contribution in [0.3, 0.4) is 0 Å². The molecule has 2 rings (SSSR count). The van der Waals surface area contributed by atoms with Crippen LogP contribution >= 0.6 is 11.6 Å². The maximum absolute atomic E-state index is 12.3. The number of esters is 1. The van der Waals surface area contributed by atoms with E-state index in [0.29, 0.717) is 6.42 Å². The molecular weight excluding hydrogens is 530 g/mol. The fraction of sp³-hybridized carbons (Fsp3) is 0.679. The van der Waals surface area contributed by atoms with Gasteiger partial charge < -0.3 is 34.8 Å². The van der Waals surface area contributed by atoms with Gasteiger partial charge in [-0.05, 0) is 45.6 Å². The number of aliphatic hydroxyl groups is 2. The molecule has 0 spiro atoms.